The Labute approximate surface area is 220 Å². The monoisotopic (exact) mass is 499 g/mol. The highest BCUT2D eigenvalue weighted by Crippen LogP contribution is 2.25. The fraction of sp³-hybridized carbons (Fsp3) is 0.0323. The Morgan fingerprint density at radius 2 is 1.50 bits per heavy atom. The average molecular weight is 500 g/mol. The van der Waals surface area contributed by atoms with E-state index in [0.717, 1.165) is 16.8 Å². The Bertz CT molecular complexity index is 1550. The van der Waals surface area contributed by atoms with Crippen molar-refractivity contribution < 1.29 is 9.59 Å². The van der Waals surface area contributed by atoms with Crippen LogP contribution in [0, 0.1) is 0 Å². The minimum Gasteiger partial charge on any atom is -0.347 e. The van der Waals surface area contributed by atoms with Crippen molar-refractivity contribution in [3.05, 3.63) is 144 Å². The first kappa shape index (κ1) is 24.4. The summed E-state index contributed by atoms with van der Waals surface area (Å²) in [6, 6.07) is 31.9. The molecule has 0 aliphatic rings. The molecule has 7 heteroatoms. The van der Waals surface area contributed by atoms with E-state index in [1.165, 1.54) is 0 Å². The smallest absolute Gasteiger partial charge is 0.268 e. The summed E-state index contributed by atoms with van der Waals surface area (Å²) in [7, 11) is 0. The van der Waals surface area contributed by atoms with Crippen LogP contribution in [0.1, 0.15) is 21.5 Å². The second-order valence-electron chi connectivity index (χ2n) is 8.50. The number of rotatable bonds is 8. The number of hydrogen-bond acceptors (Lipinski definition) is 4. The number of amides is 2. The van der Waals surface area contributed by atoms with Gasteiger partial charge in [0.05, 0.1) is 5.69 Å². The van der Waals surface area contributed by atoms with Crippen molar-refractivity contribution in [3.63, 3.8) is 0 Å². The lowest BCUT2D eigenvalue weighted by molar-refractivity contribution is -0.117. The quantitative estimate of drug-likeness (QED) is 0.294. The second kappa shape index (κ2) is 11.6. The predicted molar refractivity (Wildman–Crippen MR) is 147 cm³/mol. The number of hydrogen-bond donors (Lipinski definition) is 2. The van der Waals surface area contributed by atoms with Gasteiger partial charge in [0.25, 0.3) is 11.8 Å². The third-order valence-electron chi connectivity index (χ3n) is 5.82. The lowest BCUT2D eigenvalue weighted by Gasteiger charge is -2.11. The summed E-state index contributed by atoms with van der Waals surface area (Å²) in [5.74, 6) is -0.810. The van der Waals surface area contributed by atoms with Crippen LogP contribution in [-0.2, 0) is 11.3 Å². The molecule has 2 amide bonds. The first-order valence-corrected chi connectivity index (χ1v) is 12.1. The SMILES string of the molecule is O=C(NCc1cccnc1)/C(=C/c1cn(-c2ccccc2)nc1-c1ccccc1)NC(=O)c1ccccc1. The molecule has 0 saturated heterocycles. The van der Waals surface area contributed by atoms with Crippen molar-refractivity contribution >= 4 is 17.9 Å². The second-order valence-corrected chi connectivity index (χ2v) is 8.50. The van der Waals surface area contributed by atoms with Gasteiger partial charge in [-0.1, -0.05) is 72.8 Å². The third-order valence-corrected chi connectivity index (χ3v) is 5.82. The lowest BCUT2D eigenvalue weighted by atomic mass is 10.1. The maximum absolute atomic E-state index is 13.4. The fourth-order valence-electron chi connectivity index (χ4n) is 3.90. The molecule has 0 aliphatic carbocycles. The van der Waals surface area contributed by atoms with Crippen molar-refractivity contribution in [1.29, 1.82) is 0 Å². The topological polar surface area (TPSA) is 88.9 Å². The molecule has 5 aromatic rings. The minimum absolute atomic E-state index is 0.104. The van der Waals surface area contributed by atoms with Gasteiger partial charge in [0.1, 0.15) is 11.4 Å². The number of nitrogens with one attached hydrogen (secondary N) is 2. The van der Waals surface area contributed by atoms with Gasteiger partial charge in [-0.3, -0.25) is 14.6 Å². The van der Waals surface area contributed by atoms with E-state index in [1.807, 2.05) is 79.0 Å². The highest BCUT2D eigenvalue weighted by atomic mass is 16.2. The maximum atomic E-state index is 13.4. The van der Waals surface area contributed by atoms with Crippen LogP contribution in [0.25, 0.3) is 23.0 Å². The van der Waals surface area contributed by atoms with E-state index in [0.29, 0.717) is 16.8 Å². The van der Waals surface area contributed by atoms with Crippen LogP contribution < -0.4 is 10.6 Å². The van der Waals surface area contributed by atoms with Crippen molar-refractivity contribution in [2.75, 3.05) is 0 Å². The molecule has 0 radical (unpaired) electrons. The largest absolute Gasteiger partial charge is 0.347 e. The number of nitrogens with zero attached hydrogens (tertiary/aromatic N) is 3. The predicted octanol–water partition coefficient (Wildman–Crippen LogP) is 5.02. The molecular weight excluding hydrogens is 474 g/mol. The van der Waals surface area contributed by atoms with Crippen LogP contribution in [0.2, 0.25) is 0 Å². The maximum Gasteiger partial charge on any atom is 0.268 e. The summed E-state index contributed by atoms with van der Waals surface area (Å²) >= 11 is 0. The molecule has 0 saturated carbocycles. The van der Waals surface area contributed by atoms with Crippen molar-refractivity contribution in [2.45, 2.75) is 6.54 Å². The number of carbonyl (C=O) groups is 2. The van der Waals surface area contributed by atoms with E-state index in [2.05, 4.69) is 15.6 Å². The number of pyridine rings is 1. The van der Waals surface area contributed by atoms with Crippen molar-refractivity contribution in [3.8, 4) is 16.9 Å². The van der Waals surface area contributed by atoms with Crippen LogP contribution in [0.15, 0.2) is 127 Å². The Kier molecular flexibility index (Phi) is 7.46. The Morgan fingerprint density at radius 3 is 2.18 bits per heavy atom. The van der Waals surface area contributed by atoms with Gasteiger partial charge in [-0.2, -0.15) is 5.10 Å². The lowest BCUT2D eigenvalue weighted by Crippen LogP contribution is -2.34. The Balaban J connectivity index is 1.54. The third kappa shape index (κ3) is 5.91. The molecule has 0 fully saturated rings. The summed E-state index contributed by atoms with van der Waals surface area (Å²) in [4.78, 5) is 30.5. The zero-order valence-electron chi connectivity index (χ0n) is 20.5. The minimum atomic E-state index is -0.426. The standard InChI is InChI=1S/C31H25N5O2/c37-30(25-14-6-2-7-15-25)34-28(31(38)33-21-23-11-10-18-32-20-23)19-26-22-36(27-16-8-3-9-17-27)35-29(26)24-12-4-1-5-13-24/h1-20,22H,21H2,(H,33,38)(H,34,37)/b28-19-. The van der Waals surface area contributed by atoms with E-state index < -0.39 is 5.91 Å². The van der Waals surface area contributed by atoms with Crippen LogP contribution in [0.5, 0.6) is 0 Å². The van der Waals surface area contributed by atoms with E-state index in [4.69, 9.17) is 5.10 Å². The zero-order valence-corrected chi connectivity index (χ0v) is 20.5. The van der Waals surface area contributed by atoms with E-state index in [9.17, 15) is 9.59 Å². The van der Waals surface area contributed by atoms with Gasteiger partial charge in [0.15, 0.2) is 0 Å². The summed E-state index contributed by atoms with van der Waals surface area (Å²) in [6.45, 7) is 0.264. The van der Waals surface area contributed by atoms with Crippen molar-refractivity contribution in [2.24, 2.45) is 0 Å². The van der Waals surface area contributed by atoms with E-state index in [1.54, 1.807) is 53.5 Å². The van der Waals surface area contributed by atoms with Gasteiger partial charge in [-0.05, 0) is 42.0 Å². The van der Waals surface area contributed by atoms with Crippen LogP contribution in [0.4, 0.5) is 0 Å². The summed E-state index contributed by atoms with van der Waals surface area (Å²) in [5, 5.41) is 10.5. The molecule has 0 atom stereocenters. The Morgan fingerprint density at radius 1 is 0.816 bits per heavy atom. The van der Waals surface area contributed by atoms with Gasteiger partial charge < -0.3 is 10.6 Å². The molecule has 3 aromatic carbocycles. The highest BCUT2D eigenvalue weighted by molar-refractivity contribution is 6.05. The number of aromatic nitrogens is 3. The molecule has 0 aliphatic heterocycles. The highest BCUT2D eigenvalue weighted by Gasteiger charge is 2.18. The molecular formula is C31H25N5O2. The molecule has 2 heterocycles. The van der Waals surface area contributed by atoms with Gasteiger partial charge in [0, 0.05) is 41.8 Å². The molecule has 7 nitrogen and oxygen atoms in total. The number of para-hydroxylation sites is 1. The van der Waals surface area contributed by atoms with E-state index in [-0.39, 0.29) is 18.1 Å². The molecule has 0 unspecified atom stereocenters. The molecule has 5 rings (SSSR count). The van der Waals surface area contributed by atoms with Crippen LogP contribution >= 0.6 is 0 Å². The molecule has 2 aromatic heterocycles. The summed E-state index contributed by atoms with van der Waals surface area (Å²) in [6.07, 6.45) is 6.87. The fourth-order valence-corrected chi connectivity index (χ4v) is 3.90. The van der Waals surface area contributed by atoms with Gasteiger partial charge in [-0.25, -0.2) is 4.68 Å². The van der Waals surface area contributed by atoms with Crippen LogP contribution in [0.3, 0.4) is 0 Å². The van der Waals surface area contributed by atoms with Crippen LogP contribution in [-0.4, -0.2) is 26.6 Å². The van der Waals surface area contributed by atoms with Gasteiger partial charge in [0.2, 0.25) is 0 Å². The Hall–Kier alpha value is -5.30. The van der Waals surface area contributed by atoms with Gasteiger partial charge in [-0.15, -0.1) is 0 Å². The summed E-state index contributed by atoms with van der Waals surface area (Å²) < 4.78 is 1.76. The molecule has 38 heavy (non-hydrogen) atoms. The number of benzene rings is 3. The van der Waals surface area contributed by atoms with E-state index >= 15 is 0 Å². The first-order chi connectivity index (χ1) is 18.7. The van der Waals surface area contributed by atoms with Gasteiger partial charge >= 0.3 is 0 Å². The molecule has 2 N–H and O–H groups in total. The first-order valence-electron chi connectivity index (χ1n) is 12.1. The summed E-state index contributed by atoms with van der Waals surface area (Å²) in [5.41, 5.74) is 4.52. The zero-order chi connectivity index (χ0) is 26.2. The normalized spacial score (nSPS) is 11.1. The molecule has 0 spiro atoms. The molecule has 0 bridgehead atoms. The number of carbonyl (C=O) groups excluding carboxylic acids is 2. The van der Waals surface area contributed by atoms with Crippen molar-refractivity contribution in [1.82, 2.24) is 25.4 Å². The molecule has 186 valence electrons. The average Bonchev–Trinajstić information content (AvgIpc) is 3.41.